The van der Waals surface area contributed by atoms with Crippen LogP contribution in [-0.2, 0) is 5.41 Å². The van der Waals surface area contributed by atoms with Crippen molar-refractivity contribution < 1.29 is 0 Å². The molecule has 0 saturated carbocycles. The van der Waals surface area contributed by atoms with Gasteiger partial charge in [0.1, 0.15) is 0 Å². The summed E-state index contributed by atoms with van der Waals surface area (Å²) >= 11 is 1.87. The molecule has 1 aliphatic rings. The molecule has 0 saturated heterocycles. The van der Waals surface area contributed by atoms with Crippen LogP contribution in [0.3, 0.4) is 0 Å². The predicted octanol–water partition coefficient (Wildman–Crippen LogP) is 14.3. The van der Waals surface area contributed by atoms with Gasteiger partial charge in [-0.15, -0.1) is 11.3 Å². The monoisotopic (exact) mass is 669 g/mol. The van der Waals surface area contributed by atoms with Crippen LogP contribution in [0.2, 0.25) is 0 Å². The largest absolute Gasteiger partial charge is 0.310 e. The summed E-state index contributed by atoms with van der Waals surface area (Å²) in [6.45, 7) is 4.73. The zero-order valence-electron chi connectivity index (χ0n) is 28.6. The van der Waals surface area contributed by atoms with E-state index in [2.05, 4.69) is 195 Å². The minimum Gasteiger partial charge on any atom is -0.310 e. The number of hydrogen-bond donors (Lipinski definition) is 0. The molecule has 1 aliphatic carbocycles. The average Bonchev–Trinajstić information content (AvgIpc) is 3.66. The maximum absolute atomic E-state index is 2.50. The number of rotatable bonds is 5. The molecule has 242 valence electrons. The molecule has 9 aromatic rings. The summed E-state index contributed by atoms with van der Waals surface area (Å²) in [5.74, 6) is 0. The third kappa shape index (κ3) is 4.75. The fourth-order valence-corrected chi connectivity index (χ4v) is 9.47. The third-order valence-electron chi connectivity index (χ3n) is 10.9. The highest BCUT2D eigenvalue weighted by atomic mass is 32.1. The molecule has 0 unspecified atom stereocenters. The molecule has 0 atom stereocenters. The minimum absolute atomic E-state index is 0.115. The van der Waals surface area contributed by atoms with Gasteiger partial charge in [0.25, 0.3) is 0 Å². The van der Waals surface area contributed by atoms with Crippen LogP contribution < -0.4 is 4.90 Å². The molecule has 1 heterocycles. The van der Waals surface area contributed by atoms with Crippen molar-refractivity contribution in [3.8, 4) is 33.4 Å². The highest BCUT2D eigenvalue weighted by Gasteiger charge is 2.36. The van der Waals surface area contributed by atoms with E-state index in [-0.39, 0.29) is 5.41 Å². The Morgan fingerprint density at radius 3 is 1.96 bits per heavy atom. The summed E-state index contributed by atoms with van der Waals surface area (Å²) < 4.78 is 2.61. The van der Waals surface area contributed by atoms with Crippen LogP contribution in [-0.4, -0.2) is 0 Å². The van der Waals surface area contributed by atoms with Crippen LogP contribution in [0.15, 0.2) is 176 Å². The molecule has 8 aromatic carbocycles. The number of thiophene rings is 1. The van der Waals surface area contributed by atoms with Crippen LogP contribution in [0.25, 0.3) is 64.3 Å². The van der Waals surface area contributed by atoms with E-state index in [1.165, 1.54) is 75.5 Å². The van der Waals surface area contributed by atoms with Crippen molar-refractivity contribution in [3.63, 3.8) is 0 Å². The molecule has 0 fully saturated rings. The van der Waals surface area contributed by atoms with Gasteiger partial charge < -0.3 is 4.90 Å². The van der Waals surface area contributed by atoms with Gasteiger partial charge in [-0.3, -0.25) is 0 Å². The molecule has 1 nitrogen and oxygen atoms in total. The van der Waals surface area contributed by atoms with Crippen LogP contribution >= 0.6 is 11.3 Å². The summed E-state index contributed by atoms with van der Waals surface area (Å²) in [5.41, 5.74) is 13.6. The van der Waals surface area contributed by atoms with Crippen LogP contribution in [0.4, 0.5) is 17.1 Å². The van der Waals surface area contributed by atoms with Gasteiger partial charge in [-0.05, 0) is 86.1 Å². The Balaban J connectivity index is 1.26. The van der Waals surface area contributed by atoms with Crippen molar-refractivity contribution in [2.45, 2.75) is 19.3 Å². The van der Waals surface area contributed by atoms with Gasteiger partial charge in [-0.1, -0.05) is 153 Å². The van der Waals surface area contributed by atoms with E-state index in [9.17, 15) is 0 Å². The lowest BCUT2D eigenvalue weighted by molar-refractivity contribution is 0.660. The average molecular weight is 670 g/mol. The van der Waals surface area contributed by atoms with Crippen molar-refractivity contribution in [3.05, 3.63) is 187 Å². The topological polar surface area (TPSA) is 3.24 Å². The van der Waals surface area contributed by atoms with Crippen molar-refractivity contribution in [2.75, 3.05) is 4.90 Å². The summed E-state index contributed by atoms with van der Waals surface area (Å²) in [5, 5.41) is 5.12. The van der Waals surface area contributed by atoms with Gasteiger partial charge in [0, 0.05) is 42.5 Å². The van der Waals surface area contributed by atoms with Gasteiger partial charge in [-0.25, -0.2) is 0 Å². The lowest BCUT2D eigenvalue weighted by Gasteiger charge is -2.30. The zero-order valence-corrected chi connectivity index (χ0v) is 29.4. The van der Waals surface area contributed by atoms with Gasteiger partial charge in [-0.2, -0.15) is 0 Å². The van der Waals surface area contributed by atoms with E-state index in [4.69, 9.17) is 0 Å². The minimum atomic E-state index is -0.115. The summed E-state index contributed by atoms with van der Waals surface area (Å²) in [6, 6.07) is 65.0. The summed E-state index contributed by atoms with van der Waals surface area (Å²) in [4.78, 5) is 2.50. The SMILES string of the molecule is CC1(C)c2ccccc2-c2ccc(N(c3ccc4c(c3)sc3ccccc34)c3cc(-c4cccc5ccccc45)ccc3-c3ccccc3)cc21. The van der Waals surface area contributed by atoms with Crippen LogP contribution in [0, 0.1) is 0 Å². The Kier molecular flexibility index (Phi) is 6.78. The highest BCUT2D eigenvalue weighted by molar-refractivity contribution is 7.25. The van der Waals surface area contributed by atoms with Crippen molar-refractivity contribution in [1.29, 1.82) is 0 Å². The Hall–Kier alpha value is -5.96. The van der Waals surface area contributed by atoms with Gasteiger partial charge in [0.05, 0.1) is 5.69 Å². The highest BCUT2D eigenvalue weighted by Crippen LogP contribution is 2.52. The van der Waals surface area contributed by atoms with E-state index >= 15 is 0 Å². The first-order valence-corrected chi connectivity index (χ1v) is 18.5. The second-order valence-corrected chi connectivity index (χ2v) is 15.2. The van der Waals surface area contributed by atoms with E-state index in [0.29, 0.717) is 0 Å². The smallest absolute Gasteiger partial charge is 0.0546 e. The van der Waals surface area contributed by atoms with Crippen molar-refractivity contribution >= 4 is 59.3 Å². The Morgan fingerprint density at radius 2 is 1.06 bits per heavy atom. The number of benzene rings is 8. The Morgan fingerprint density at radius 1 is 0.412 bits per heavy atom. The Labute approximate surface area is 302 Å². The standard InChI is InChI=1S/C49H35NS/c1-49(2)44-21-10-8-18-40(44)41-27-24-35(30-45(41)49)50(36-25-28-43-42-19-9-11-22-47(42)51-48(43)31-36)46-29-34(23-26-39(46)33-13-4-3-5-14-33)38-20-12-16-32-15-6-7-17-37(32)38/h3-31H,1-2H3. The van der Waals surface area contributed by atoms with Crippen LogP contribution in [0.1, 0.15) is 25.0 Å². The summed E-state index contributed by atoms with van der Waals surface area (Å²) in [6.07, 6.45) is 0. The molecule has 51 heavy (non-hydrogen) atoms. The predicted molar refractivity (Wildman–Crippen MR) is 220 cm³/mol. The summed E-state index contributed by atoms with van der Waals surface area (Å²) in [7, 11) is 0. The molecule has 10 rings (SSSR count). The molecule has 0 spiro atoms. The molecule has 0 aliphatic heterocycles. The molecular formula is C49H35NS. The molecule has 0 bridgehead atoms. The molecule has 0 N–H and O–H groups in total. The number of anilines is 3. The number of fused-ring (bicyclic) bond motifs is 7. The van der Waals surface area contributed by atoms with Crippen LogP contribution in [0.5, 0.6) is 0 Å². The number of hydrogen-bond acceptors (Lipinski definition) is 2. The van der Waals surface area contributed by atoms with E-state index in [1.54, 1.807) is 0 Å². The normalized spacial score (nSPS) is 13.1. The maximum atomic E-state index is 2.50. The second kappa shape index (κ2) is 11.6. The first-order chi connectivity index (χ1) is 25.0. The zero-order chi connectivity index (χ0) is 34.1. The Bertz CT molecular complexity index is 2780. The fourth-order valence-electron chi connectivity index (χ4n) is 8.34. The quantitative estimate of drug-likeness (QED) is 0.176. The van der Waals surface area contributed by atoms with Crippen molar-refractivity contribution in [2.24, 2.45) is 0 Å². The first-order valence-electron chi connectivity index (χ1n) is 17.7. The van der Waals surface area contributed by atoms with E-state index in [1.807, 2.05) is 11.3 Å². The molecule has 1 aromatic heterocycles. The lowest BCUT2D eigenvalue weighted by Crippen LogP contribution is -2.17. The van der Waals surface area contributed by atoms with E-state index in [0.717, 1.165) is 17.1 Å². The number of nitrogens with zero attached hydrogens (tertiary/aromatic N) is 1. The lowest BCUT2D eigenvalue weighted by atomic mass is 9.82. The maximum Gasteiger partial charge on any atom is 0.0546 e. The molecule has 0 amide bonds. The molecule has 2 heteroatoms. The molecule has 0 radical (unpaired) electrons. The van der Waals surface area contributed by atoms with Gasteiger partial charge >= 0.3 is 0 Å². The fraction of sp³-hybridized carbons (Fsp3) is 0.0612. The molecular weight excluding hydrogens is 635 g/mol. The van der Waals surface area contributed by atoms with Gasteiger partial charge in [0.2, 0.25) is 0 Å². The first kappa shape index (κ1) is 29.9. The van der Waals surface area contributed by atoms with E-state index < -0.39 is 0 Å². The second-order valence-electron chi connectivity index (χ2n) is 14.1. The third-order valence-corrected chi connectivity index (χ3v) is 12.0. The van der Waals surface area contributed by atoms with Crippen molar-refractivity contribution in [1.82, 2.24) is 0 Å². The van der Waals surface area contributed by atoms with Gasteiger partial charge in [0.15, 0.2) is 0 Å².